The van der Waals surface area contributed by atoms with Gasteiger partial charge in [-0.2, -0.15) is 13.2 Å². The van der Waals surface area contributed by atoms with Gasteiger partial charge in [0.05, 0.1) is 12.4 Å². The fraction of sp³-hybridized carbons (Fsp3) is 0.385. The zero-order valence-electron chi connectivity index (χ0n) is 10.9. The summed E-state index contributed by atoms with van der Waals surface area (Å²) in [5.74, 6) is -1.17. The van der Waals surface area contributed by atoms with Gasteiger partial charge in [-0.1, -0.05) is 30.3 Å². The fourth-order valence-corrected chi connectivity index (χ4v) is 1.55. The highest BCUT2D eigenvalue weighted by atomic mass is 35.5. The van der Waals surface area contributed by atoms with Crippen LogP contribution in [0.15, 0.2) is 30.3 Å². The SMILES string of the molecule is O=C(CCl)CN(CC(F)(F)F)C(=O)OCc1ccccc1. The molecule has 116 valence electrons. The largest absolute Gasteiger partial charge is 0.445 e. The molecule has 0 spiro atoms. The predicted octanol–water partition coefficient (Wildman–Crippen LogP) is 3.00. The van der Waals surface area contributed by atoms with Gasteiger partial charge in [0, 0.05) is 0 Å². The molecule has 1 aromatic rings. The molecule has 0 aliphatic rings. The van der Waals surface area contributed by atoms with Gasteiger partial charge >= 0.3 is 12.3 Å². The van der Waals surface area contributed by atoms with E-state index in [0.717, 1.165) is 0 Å². The minimum Gasteiger partial charge on any atom is -0.445 e. The molecule has 0 aliphatic heterocycles. The second-order valence-electron chi connectivity index (χ2n) is 4.18. The Morgan fingerprint density at radius 3 is 2.33 bits per heavy atom. The van der Waals surface area contributed by atoms with Gasteiger partial charge < -0.3 is 4.74 Å². The molecule has 8 heteroatoms. The number of amides is 1. The smallest absolute Gasteiger partial charge is 0.410 e. The highest BCUT2D eigenvalue weighted by Gasteiger charge is 2.34. The molecule has 0 fully saturated rings. The maximum absolute atomic E-state index is 12.4. The summed E-state index contributed by atoms with van der Waals surface area (Å²) in [5.41, 5.74) is 0.626. The molecule has 0 saturated heterocycles. The number of alkyl halides is 4. The molecule has 0 heterocycles. The zero-order valence-corrected chi connectivity index (χ0v) is 11.7. The highest BCUT2D eigenvalue weighted by Crippen LogP contribution is 2.17. The van der Waals surface area contributed by atoms with Crippen LogP contribution in [-0.2, 0) is 16.1 Å². The van der Waals surface area contributed by atoms with Crippen LogP contribution in [0, 0.1) is 0 Å². The van der Waals surface area contributed by atoms with Crippen molar-refractivity contribution in [1.82, 2.24) is 4.90 Å². The summed E-state index contributed by atoms with van der Waals surface area (Å²) in [4.78, 5) is 23.1. The van der Waals surface area contributed by atoms with Crippen molar-refractivity contribution < 1.29 is 27.5 Å². The Balaban J connectivity index is 2.63. The predicted molar refractivity (Wildman–Crippen MR) is 70.0 cm³/mol. The number of hydrogen-bond donors (Lipinski definition) is 0. The molecule has 0 unspecified atom stereocenters. The number of rotatable bonds is 6. The van der Waals surface area contributed by atoms with Gasteiger partial charge in [0.25, 0.3) is 0 Å². The average molecular weight is 324 g/mol. The molecule has 0 bridgehead atoms. The summed E-state index contributed by atoms with van der Waals surface area (Å²) in [7, 11) is 0. The molecule has 0 aromatic heterocycles. The molecule has 1 aromatic carbocycles. The van der Waals surface area contributed by atoms with Gasteiger partial charge in [-0.05, 0) is 5.56 Å². The van der Waals surface area contributed by atoms with E-state index in [1.807, 2.05) is 0 Å². The first-order valence-electron chi connectivity index (χ1n) is 5.92. The van der Waals surface area contributed by atoms with E-state index in [2.05, 4.69) is 0 Å². The minimum absolute atomic E-state index is 0.177. The van der Waals surface area contributed by atoms with E-state index in [-0.39, 0.29) is 11.5 Å². The number of benzene rings is 1. The van der Waals surface area contributed by atoms with Crippen LogP contribution in [0.4, 0.5) is 18.0 Å². The van der Waals surface area contributed by atoms with Crippen LogP contribution in [0.25, 0.3) is 0 Å². The van der Waals surface area contributed by atoms with Crippen LogP contribution in [-0.4, -0.2) is 41.9 Å². The molecule has 21 heavy (non-hydrogen) atoms. The van der Waals surface area contributed by atoms with Crippen molar-refractivity contribution in [3.63, 3.8) is 0 Å². The molecule has 0 atom stereocenters. The van der Waals surface area contributed by atoms with E-state index in [9.17, 15) is 22.8 Å². The first-order valence-corrected chi connectivity index (χ1v) is 6.45. The number of carbonyl (C=O) groups excluding carboxylic acids is 2. The Bertz CT molecular complexity index is 479. The second-order valence-corrected chi connectivity index (χ2v) is 4.45. The fourth-order valence-electron chi connectivity index (χ4n) is 1.47. The van der Waals surface area contributed by atoms with Gasteiger partial charge in [0.1, 0.15) is 13.2 Å². The van der Waals surface area contributed by atoms with E-state index in [4.69, 9.17) is 16.3 Å². The number of Topliss-reactive ketones (excluding diaryl/α,β-unsaturated/α-hetero) is 1. The molecular formula is C13H13ClF3NO3. The topological polar surface area (TPSA) is 46.6 Å². The molecule has 0 radical (unpaired) electrons. The number of carbonyl (C=O) groups is 2. The van der Waals surface area contributed by atoms with Crippen molar-refractivity contribution in [2.24, 2.45) is 0 Å². The lowest BCUT2D eigenvalue weighted by Gasteiger charge is -2.22. The number of ether oxygens (including phenoxy) is 1. The summed E-state index contributed by atoms with van der Waals surface area (Å²) >= 11 is 5.24. The van der Waals surface area contributed by atoms with E-state index in [1.165, 1.54) is 0 Å². The molecule has 1 amide bonds. The van der Waals surface area contributed by atoms with Crippen molar-refractivity contribution >= 4 is 23.5 Å². The molecular weight excluding hydrogens is 311 g/mol. The van der Waals surface area contributed by atoms with Crippen molar-refractivity contribution in [1.29, 1.82) is 0 Å². The maximum atomic E-state index is 12.4. The molecule has 0 saturated carbocycles. The monoisotopic (exact) mass is 323 g/mol. The van der Waals surface area contributed by atoms with Crippen LogP contribution in [0.1, 0.15) is 5.56 Å². The Hall–Kier alpha value is -1.76. The normalized spacial score (nSPS) is 11.0. The zero-order chi connectivity index (χ0) is 15.9. The lowest BCUT2D eigenvalue weighted by Crippen LogP contribution is -2.42. The summed E-state index contributed by atoms with van der Waals surface area (Å²) in [6.07, 6.45) is -5.84. The Morgan fingerprint density at radius 2 is 1.81 bits per heavy atom. The van der Waals surface area contributed by atoms with Crippen molar-refractivity contribution in [3.05, 3.63) is 35.9 Å². The average Bonchev–Trinajstić information content (AvgIpc) is 2.43. The minimum atomic E-state index is -4.63. The number of halogens is 4. The van der Waals surface area contributed by atoms with Crippen molar-refractivity contribution in [2.45, 2.75) is 12.8 Å². The van der Waals surface area contributed by atoms with Crippen molar-refractivity contribution in [3.8, 4) is 0 Å². The maximum Gasteiger partial charge on any atom is 0.410 e. The van der Waals surface area contributed by atoms with E-state index in [1.54, 1.807) is 30.3 Å². The number of nitrogens with zero attached hydrogens (tertiary/aromatic N) is 1. The van der Waals surface area contributed by atoms with Crippen LogP contribution in [0.3, 0.4) is 0 Å². The summed E-state index contributed by atoms with van der Waals surface area (Å²) in [6, 6.07) is 8.47. The molecule has 0 aliphatic carbocycles. The summed E-state index contributed by atoms with van der Waals surface area (Å²) in [6.45, 7) is -2.48. The highest BCUT2D eigenvalue weighted by molar-refractivity contribution is 6.28. The molecule has 1 rings (SSSR count). The van der Waals surface area contributed by atoms with Crippen LogP contribution < -0.4 is 0 Å². The van der Waals surface area contributed by atoms with Gasteiger partial charge in [-0.3, -0.25) is 9.69 Å². The Labute approximate surface area is 124 Å². The Kier molecular flexibility index (Phi) is 6.48. The van der Waals surface area contributed by atoms with Gasteiger partial charge in [-0.25, -0.2) is 4.79 Å². The van der Waals surface area contributed by atoms with Gasteiger partial charge in [0.2, 0.25) is 0 Å². The van der Waals surface area contributed by atoms with Crippen LogP contribution in [0.5, 0.6) is 0 Å². The first kappa shape index (κ1) is 17.3. The molecule has 4 nitrogen and oxygen atoms in total. The second kappa shape index (κ2) is 7.87. The summed E-state index contributed by atoms with van der Waals surface area (Å²) < 4.78 is 41.9. The van der Waals surface area contributed by atoms with E-state index >= 15 is 0 Å². The van der Waals surface area contributed by atoms with E-state index < -0.39 is 37.0 Å². The number of ketones is 1. The molecule has 0 N–H and O–H groups in total. The third-order valence-electron chi connectivity index (χ3n) is 2.35. The quantitative estimate of drug-likeness (QED) is 0.756. The van der Waals surface area contributed by atoms with Crippen LogP contribution in [0.2, 0.25) is 0 Å². The lowest BCUT2D eigenvalue weighted by atomic mass is 10.2. The van der Waals surface area contributed by atoms with Crippen molar-refractivity contribution in [2.75, 3.05) is 19.0 Å². The Morgan fingerprint density at radius 1 is 1.19 bits per heavy atom. The standard InChI is InChI=1S/C13H13ClF3NO3/c14-6-11(19)7-18(9-13(15,16)17)12(20)21-8-10-4-2-1-3-5-10/h1-5H,6-9H2. The van der Waals surface area contributed by atoms with Crippen LogP contribution >= 0.6 is 11.6 Å². The third-order valence-corrected chi connectivity index (χ3v) is 2.65. The van der Waals surface area contributed by atoms with E-state index in [0.29, 0.717) is 5.56 Å². The van der Waals surface area contributed by atoms with Gasteiger partial charge in [0.15, 0.2) is 5.78 Å². The first-order chi connectivity index (χ1) is 9.81. The summed E-state index contributed by atoms with van der Waals surface area (Å²) in [5, 5.41) is 0. The third kappa shape index (κ3) is 6.99. The lowest BCUT2D eigenvalue weighted by molar-refractivity contribution is -0.145. The van der Waals surface area contributed by atoms with Gasteiger partial charge in [-0.15, -0.1) is 11.6 Å². The number of hydrogen-bond acceptors (Lipinski definition) is 3.